The fraction of sp³-hybridized carbons (Fsp3) is 0.429. The van der Waals surface area contributed by atoms with Crippen LogP contribution in [0.15, 0.2) is 23.3 Å². The van der Waals surface area contributed by atoms with E-state index in [1.165, 1.54) is 9.75 Å². The summed E-state index contributed by atoms with van der Waals surface area (Å²) in [5, 5.41) is 7.66. The van der Waals surface area contributed by atoms with Crippen LogP contribution in [-0.2, 0) is 19.4 Å². The van der Waals surface area contributed by atoms with E-state index in [4.69, 9.17) is 11.6 Å². The lowest BCUT2D eigenvalue weighted by Crippen LogP contribution is -2.37. The molecule has 0 aliphatic heterocycles. The summed E-state index contributed by atoms with van der Waals surface area (Å²) in [6.45, 7) is 3.67. The highest BCUT2D eigenvalue weighted by molar-refractivity contribution is 7.16. The average Bonchev–Trinajstić information content (AvgIpc) is 3.11. The first-order chi connectivity index (χ1) is 10.2. The molecule has 2 rings (SSSR count). The van der Waals surface area contributed by atoms with Crippen molar-refractivity contribution in [1.82, 2.24) is 15.6 Å². The minimum atomic E-state index is 0.704. The molecule has 0 saturated heterocycles. The van der Waals surface area contributed by atoms with Crippen LogP contribution in [-0.4, -0.2) is 24.5 Å². The van der Waals surface area contributed by atoms with E-state index in [0.29, 0.717) is 6.54 Å². The second kappa shape index (κ2) is 8.36. The Balaban J connectivity index is 1.73. The first-order valence-corrected chi connectivity index (χ1v) is 8.84. The number of hydrogen-bond acceptors (Lipinski definition) is 4. The maximum atomic E-state index is 5.92. The van der Waals surface area contributed by atoms with Crippen molar-refractivity contribution in [2.75, 3.05) is 13.6 Å². The molecule has 0 spiro atoms. The van der Waals surface area contributed by atoms with Crippen molar-refractivity contribution in [2.24, 2.45) is 4.99 Å². The van der Waals surface area contributed by atoms with Crippen LogP contribution in [0.3, 0.4) is 0 Å². The van der Waals surface area contributed by atoms with Gasteiger partial charge in [0.25, 0.3) is 0 Å². The number of aliphatic imine (C=N–C) groups is 1. The molecular formula is C14H19ClN4S2. The van der Waals surface area contributed by atoms with Gasteiger partial charge in [-0.3, -0.25) is 4.99 Å². The lowest BCUT2D eigenvalue weighted by Gasteiger charge is -2.10. The zero-order chi connectivity index (χ0) is 15.1. The maximum Gasteiger partial charge on any atom is 0.191 e. The quantitative estimate of drug-likeness (QED) is 0.625. The van der Waals surface area contributed by atoms with Crippen molar-refractivity contribution >= 4 is 40.2 Å². The Bertz CT molecular complexity index is 591. The highest BCUT2D eigenvalue weighted by atomic mass is 35.5. The van der Waals surface area contributed by atoms with Crippen molar-refractivity contribution in [1.29, 1.82) is 0 Å². The first kappa shape index (κ1) is 16.3. The zero-order valence-electron chi connectivity index (χ0n) is 12.1. The van der Waals surface area contributed by atoms with Gasteiger partial charge in [-0.05, 0) is 25.0 Å². The summed E-state index contributed by atoms with van der Waals surface area (Å²) < 4.78 is 0.836. The molecule has 0 amide bonds. The van der Waals surface area contributed by atoms with Crippen LogP contribution in [0.4, 0.5) is 0 Å². The Morgan fingerprint density at radius 2 is 2.14 bits per heavy atom. The lowest BCUT2D eigenvalue weighted by molar-refractivity contribution is 0.796. The second-order valence-corrected chi connectivity index (χ2v) is 7.38. The zero-order valence-corrected chi connectivity index (χ0v) is 14.5. The van der Waals surface area contributed by atoms with Crippen LogP contribution in [0.5, 0.6) is 0 Å². The predicted molar refractivity (Wildman–Crippen MR) is 92.7 cm³/mol. The highest BCUT2D eigenvalue weighted by Gasteiger charge is 2.03. The topological polar surface area (TPSA) is 49.3 Å². The number of thiophene rings is 1. The van der Waals surface area contributed by atoms with Crippen LogP contribution in [0.1, 0.15) is 21.7 Å². The Morgan fingerprint density at radius 1 is 1.29 bits per heavy atom. The SMILES string of the molecule is CCc1cnc(CNC(=NC)NCCc2ccc(Cl)s2)s1. The molecule has 7 heteroatoms. The van der Waals surface area contributed by atoms with Gasteiger partial charge in [-0.15, -0.1) is 22.7 Å². The summed E-state index contributed by atoms with van der Waals surface area (Å²) in [6.07, 6.45) is 3.92. The molecule has 0 unspecified atom stereocenters. The third-order valence-corrected chi connectivity index (χ3v) is 5.31. The van der Waals surface area contributed by atoms with Gasteiger partial charge in [-0.25, -0.2) is 4.98 Å². The van der Waals surface area contributed by atoms with Crippen molar-refractivity contribution < 1.29 is 0 Å². The largest absolute Gasteiger partial charge is 0.356 e. The third kappa shape index (κ3) is 5.30. The Labute approximate surface area is 138 Å². The Kier molecular flexibility index (Phi) is 6.48. The normalized spacial score (nSPS) is 11.7. The van der Waals surface area contributed by atoms with Crippen molar-refractivity contribution in [3.63, 3.8) is 0 Å². The van der Waals surface area contributed by atoms with E-state index in [-0.39, 0.29) is 0 Å². The summed E-state index contributed by atoms with van der Waals surface area (Å²) in [6, 6.07) is 4.00. The summed E-state index contributed by atoms with van der Waals surface area (Å²) in [4.78, 5) is 11.2. The van der Waals surface area contributed by atoms with Gasteiger partial charge in [-0.2, -0.15) is 0 Å². The number of thiazole rings is 1. The van der Waals surface area contributed by atoms with Crippen LogP contribution in [0.25, 0.3) is 0 Å². The van der Waals surface area contributed by atoms with E-state index in [2.05, 4.69) is 33.6 Å². The van der Waals surface area contributed by atoms with E-state index in [1.54, 1.807) is 29.7 Å². The molecule has 0 fully saturated rings. The van der Waals surface area contributed by atoms with Gasteiger partial charge in [0, 0.05) is 29.5 Å². The van der Waals surface area contributed by atoms with Crippen LogP contribution in [0.2, 0.25) is 4.34 Å². The fourth-order valence-electron chi connectivity index (χ4n) is 1.76. The van der Waals surface area contributed by atoms with Crippen LogP contribution >= 0.6 is 34.3 Å². The summed E-state index contributed by atoms with van der Waals surface area (Å²) in [7, 11) is 1.77. The van der Waals surface area contributed by atoms with Crippen LogP contribution in [0, 0.1) is 0 Å². The number of halogens is 1. The molecule has 4 nitrogen and oxygen atoms in total. The summed E-state index contributed by atoms with van der Waals surface area (Å²) >= 11 is 9.28. The number of aromatic nitrogens is 1. The molecule has 0 aliphatic rings. The summed E-state index contributed by atoms with van der Waals surface area (Å²) in [5.74, 6) is 0.797. The molecule has 0 bridgehead atoms. The molecule has 0 atom stereocenters. The Morgan fingerprint density at radius 3 is 2.76 bits per heavy atom. The molecule has 0 radical (unpaired) electrons. The van der Waals surface area contributed by atoms with Crippen molar-refractivity contribution in [2.45, 2.75) is 26.3 Å². The molecule has 0 saturated carbocycles. The standard InChI is InChI=1S/C14H19ClN4S2/c1-3-10-8-18-13(21-10)9-19-14(16-2)17-7-6-11-4-5-12(15)20-11/h4-5,8H,3,6-7,9H2,1-2H3,(H2,16,17,19). The molecule has 21 heavy (non-hydrogen) atoms. The van der Waals surface area contributed by atoms with E-state index in [1.807, 2.05) is 12.3 Å². The number of aryl methyl sites for hydroxylation is 1. The van der Waals surface area contributed by atoms with E-state index < -0.39 is 0 Å². The minimum Gasteiger partial charge on any atom is -0.356 e. The number of nitrogens with zero attached hydrogens (tertiary/aromatic N) is 2. The van der Waals surface area contributed by atoms with Gasteiger partial charge in [0.15, 0.2) is 5.96 Å². The van der Waals surface area contributed by atoms with Gasteiger partial charge >= 0.3 is 0 Å². The van der Waals surface area contributed by atoms with Crippen LogP contribution < -0.4 is 10.6 Å². The molecule has 2 N–H and O–H groups in total. The van der Waals surface area contributed by atoms with Gasteiger partial charge in [0.2, 0.25) is 0 Å². The summed E-state index contributed by atoms with van der Waals surface area (Å²) in [5.41, 5.74) is 0. The van der Waals surface area contributed by atoms with E-state index in [9.17, 15) is 0 Å². The van der Waals surface area contributed by atoms with Crippen molar-refractivity contribution in [3.05, 3.63) is 37.4 Å². The maximum absolute atomic E-state index is 5.92. The number of rotatable bonds is 6. The second-order valence-electron chi connectivity index (χ2n) is 4.38. The lowest BCUT2D eigenvalue weighted by atomic mass is 10.3. The first-order valence-electron chi connectivity index (χ1n) is 6.83. The average molecular weight is 343 g/mol. The molecule has 0 aromatic carbocycles. The number of hydrogen-bond donors (Lipinski definition) is 2. The monoisotopic (exact) mass is 342 g/mol. The van der Waals surface area contributed by atoms with E-state index >= 15 is 0 Å². The predicted octanol–water partition coefficient (Wildman–Crippen LogP) is 3.33. The Hall–Kier alpha value is -1.11. The van der Waals surface area contributed by atoms with Crippen molar-refractivity contribution in [3.8, 4) is 0 Å². The molecule has 0 aliphatic carbocycles. The van der Waals surface area contributed by atoms with Gasteiger partial charge in [-0.1, -0.05) is 18.5 Å². The fourth-order valence-corrected chi connectivity index (χ4v) is 3.65. The van der Waals surface area contributed by atoms with Gasteiger partial charge in [0.1, 0.15) is 5.01 Å². The third-order valence-electron chi connectivity index (χ3n) is 2.87. The smallest absolute Gasteiger partial charge is 0.191 e. The highest BCUT2D eigenvalue weighted by Crippen LogP contribution is 2.21. The van der Waals surface area contributed by atoms with Gasteiger partial charge in [0.05, 0.1) is 10.9 Å². The minimum absolute atomic E-state index is 0.704. The molecule has 2 heterocycles. The van der Waals surface area contributed by atoms with E-state index in [0.717, 1.165) is 34.7 Å². The molecule has 114 valence electrons. The number of nitrogens with one attached hydrogen (secondary N) is 2. The molecule has 2 aromatic rings. The number of guanidine groups is 1. The van der Waals surface area contributed by atoms with Gasteiger partial charge < -0.3 is 10.6 Å². The molecule has 2 aromatic heterocycles. The molecular weight excluding hydrogens is 324 g/mol.